The predicted molar refractivity (Wildman–Crippen MR) is 96.0 cm³/mol. The van der Waals surface area contributed by atoms with Crippen LogP contribution in [0.25, 0.3) is 0 Å². The van der Waals surface area contributed by atoms with E-state index in [-0.39, 0.29) is 11.8 Å². The second-order valence-electron chi connectivity index (χ2n) is 5.70. The predicted octanol–water partition coefficient (Wildman–Crippen LogP) is 3.36. The summed E-state index contributed by atoms with van der Waals surface area (Å²) in [5.74, 6) is 2.33. The van der Waals surface area contributed by atoms with Crippen molar-refractivity contribution in [2.24, 2.45) is 0 Å². The van der Waals surface area contributed by atoms with Gasteiger partial charge in [-0.1, -0.05) is 18.1 Å². The largest absolute Gasteiger partial charge is 0.326 e. The number of terminal acetylenes is 1. The van der Waals surface area contributed by atoms with Crippen molar-refractivity contribution in [2.45, 2.75) is 25.3 Å². The Balaban J connectivity index is 1.76. The highest BCUT2D eigenvalue weighted by molar-refractivity contribution is 7.12. The first-order chi connectivity index (χ1) is 11.7. The van der Waals surface area contributed by atoms with Crippen molar-refractivity contribution in [3.8, 4) is 12.3 Å². The molecule has 4 nitrogen and oxygen atoms in total. The normalized spacial score (nSPS) is 17.1. The lowest BCUT2D eigenvalue weighted by molar-refractivity contribution is -0.121. The van der Waals surface area contributed by atoms with Gasteiger partial charge in [0.15, 0.2) is 0 Å². The molecule has 1 atom stereocenters. The lowest BCUT2D eigenvalue weighted by atomic mass is 10.0. The maximum atomic E-state index is 12.7. The van der Waals surface area contributed by atoms with Crippen LogP contribution in [0, 0.1) is 12.3 Å². The van der Waals surface area contributed by atoms with Crippen molar-refractivity contribution in [1.82, 2.24) is 4.90 Å². The second-order valence-corrected chi connectivity index (χ2v) is 6.65. The zero-order chi connectivity index (χ0) is 16.9. The minimum atomic E-state index is -0.442. The zero-order valence-electron chi connectivity index (χ0n) is 13.2. The monoisotopic (exact) mass is 338 g/mol. The van der Waals surface area contributed by atoms with Crippen LogP contribution in [0.4, 0.5) is 5.69 Å². The first kappa shape index (κ1) is 16.3. The van der Waals surface area contributed by atoms with E-state index in [0.29, 0.717) is 29.1 Å². The number of rotatable bonds is 3. The molecule has 2 heterocycles. The molecule has 2 aromatic rings. The van der Waals surface area contributed by atoms with Crippen LogP contribution in [0.15, 0.2) is 41.8 Å². The van der Waals surface area contributed by atoms with Gasteiger partial charge in [-0.05, 0) is 48.9 Å². The SMILES string of the molecule is C#Cc1cccc(NC(=O)C2CCCCN2C(=O)c2cccs2)c1. The van der Waals surface area contributed by atoms with Crippen molar-refractivity contribution >= 4 is 28.8 Å². The molecule has 0 saturated carbocycles. The maximum absolute atomic E-state index is 12.7. The Morgan fingerprint density at radius 3 is 2.88 bits per heavy atom. The fraction of sp³-hybridized carbons (Fsp3) is 0.263. The topological polar surface area (TPSA) is 49.4 Å². The Bertz CT molecular complexity index is 777. The highest BCUT2D eigenvalue weighted by Gasteiger charge is 2.33. The van der Waals surface area contributed by atoms with E-state index in [9.17, 15) is 9.59 Å². The summed E-state index contributed by atoms with van der Waals surface area (Å²) in [5, 5.41) is 4.76. The minimum absolute atomic E-state index is 0.0674. The van der Waals surface area contributed by atoms with E-state index in [1.807, 2.05) is 17.5 Å². The molecular formula is C19H18N2O2S. The molecule has 2 amide bonds. The summed E-state index contributed by atoms with van der Waals surface area (Å²) in [5.41, 5.74) is 1.37. The van der Waals surface area contributed by atoms with Crippen LogP contribution in [0.5, 0.6) is 0 Å². The molecule has 1 unspecified atom stereocenters. The van der Waals surface area contributed by atoms with E-state index in [0.717, 1.165) is 12.8 Å². The minimum Gasteiger partial charge on any atom is -0.326 e. The Labute approximate surface area is 145 Å². The van der Waals surface area contributed by atoms with E-state index in [1.54, 1.807) is 29.2 Å². The molecule has 24 heavy (non-hydrogen) atoms. The number of piperidine rings is 1. The van der Waals surface area contributed by atoms with Gasteiger partial charge in [0.1, 0.15) is 6.04 Å². The third kappa shape index (κ3) is 3.50. The average Bonchev–Trinajstić information content (AvgIpc) is 3.16. The Kier molecular flexibility index (Phi) is 4.97. The molecular weight excluding hydrogens is 320 g/mol. The second kappa shape index (κ2) is 7.33. The van der Waals surface area contributed by atoms with Gasteiger partial charge in [-0.2, -0.15) is 0 Å². The Morgan fingerprint density at radius 1 is 1.25 bits per heavy atom. The van der Waals surface area contributed by atoms with Crippen molar-refractivity contribution in [3.63, 3.8) is 0 Å². The van der Waals surface area contributed by atoms with Crippen molar-refractivity contribution in [3.05, 3.63) is 52.2 Å². The molecule has 122 valence electrons. The number of benzene rings is 1. The molecule has 3 rings (SSSR count). The van der Waals surface area contributed by atoms with Crippen molar-refractivity contribution in [2.75, 3.05) is 11.9 Å². The maximum Gasteiger partial charge on any atom is 0.264 e. The third-order valence-corrected chi connectivity index (χ3v) is 4.95. The summed E-state index contributed by atoms with van der Waals surface area (Å²) < 4.78 is 0. The number of likely N-dealkylation sites (tertiary alicyclic amines) is 1. The summed E-state index contributed by atoms with van der Waals surface area (Å²) in [6.45, 7) is 0.610. The van der Waals surface area contributed by atoms with Crippen molar-refractivity contribution < 1.29 is 9.59 Å². The Morgan fingerprint density at radius 2 is 2.12 bits per heavy atom. The van der Waals surface area contributed by atoms with Gasteiger partial charge in [-0.15, -0.1) is 17.8 Å². The number of anilines is 1. The van der Waals surface area contributed by atoms with Crippen LogP contribution in [-0.2, 0) is 4.79 Å². The quantitative estimate of drug-likeness (QED) is 0.873. The molecule has 1 aromatic heterocycles. The highest BCUT2D eigenvalue weighted by atomic mass is 32.1. The molecule has 1 aliphatic heterocycles. The first-order valence-corrected chi connectivity index (χ1v) is 8.79. The molecule has 0 bridgehead atoms. The molecule has 1 N–H and O–H groups in total. The van der Waals surface area contributed by atoms with Crippen molar-refractivity contribution in [1.29, 1.82) is 0 Å². The summed E-state index contributed by atoms with van der Waals surface area (Å²) in [4.78, 5) is 27.7. The fourth-order valence-electron chi connectivity index (χ4n) is 2.90. The van der Waals surface area contributed by atoms with E-state index in [4.69, 9.17) is 6.42 Å². The van der Waals surface area contributed by atoms with E-state index < -0.39 is 6.04 Å². The number of carbonyl (C=O) groups is 2. The molecule has 0 aliphatic carbocycles. The van der Waals surface area contributed by atoms with Crippen LogP contribution in [0.3, 0.4) is 0 Å². The Hall–Kier alpha value is -2.58. The summed E-state index contributed by atoms with van der Waals surface area (Å²) in [6, 6.07) is 10.4. The smallest absolute Gasteiger partial charge is 0.264 e. The van der Waals surface area contributed by atoms with Gasteiger partial charge in [0, 0.05) is 17.8 Å². The summed E-state index contributed by atoms with van der Waals surface area (Å²) in [6.07, 6.45) is 7.94. The van der Waals surface area contributed by atoms with Gasteiger partial charge in [-0.25, -0.2) is 0 Å². The van der Waals surface area contributed by atoms with E-state index >= 15 is 0 Å². The molecule has 1 aliphatic rings. The lowest BCUT2D eigenvalue weighted by Gasteiger charge is -2.34. The van der Waals surface area contributed by atoms with Gasteiger partial charge < -0.3 is 10.2 Å². The van der Waals surface area contributed by atoms with Crippen LogP contribution in [0.1, 0.15) is 34.5 Å². The number of nitrogens with zero attached hydrogens (tertiary/aromatic N) is 1. The van der Waals surface area contributed by atoms with Crippen LogP contribution in [0.2, 0.25) is 0 Å². The van der Waals surface area contributed by atoms with Crippen LogP contribution >= 0.6 is 11.3 Å². The van der Waals surface area contributed by atoms with Crippen LogP contribution in [-0.4, -0.2) is 29.3 Å². The average molecular weight is 338 g/mol. The van der Waals surface area contributed by atoms with Gasteiger partial charge in [0.25, 0.3) is 5.91 Å². The molecule has 1 saturated heterocycles. The molecule has 0 spiro atoms. The molecule has 1 aromatic carbocycles. The highest BCUT2D eigenvalue weighted by Crippen LogP contribution is 2.23. The van der Waals surface area contributed by atoms with Crippen LogP contribution < -0.4 is 5.32 Å². The molecule has 1 fully saturated rings. The lowest BCUT2D eigenvalue weighted by Crippen LogP contribution is -2.49. The number of nitrogens with one attached hydrogen (secondary N) is 1. The third-order valence-electron chi connectivity index (χ3n) is 4.10. The number of carbonyl (C=O) groups excluding carboxylic acids is 2. The van der Waals surface area contributed by atoms with Gasteiger partial charge in [0.05, 0.1) is 4.88 Å². The van der Waals surface area contributed by atoms with Gasteiger partial charge >= 0.3 is 0 Å². The molecule has 5 heteroatoms. The standard InChI is InChI=1S/C19H18N2O2S/c1-2-14-7-5-8-15(13-14)20-18(22)16-9-3-4-11-21(16)19(23)17-10-6-12-24-17/h1,5-8,10,12-13,16H,3-4,9,11H2,(H,20,22). The number of hydrogen-bond donors (Lipinski definition) is 1. The van der Waals surface area contributed by atoms with E-state index in [1.165, 1.54) is 11.3 Å². The van der Waals surface area contributed by atoms with Gasteiger partial charge in [-0.3, -0.25) is 9.59 Å². The van der Waals surface area contributed by atoms with E-state index in [2.05, 4.69) is 11.2 Å². The summed E-state index contributed by atoms with van der Waals surface area (Å²) >= 11 is 1.40. The zero-order valence-corrected chi connectivity index (χ0v) is 14.0. The first-order valence-electron chi connectivity index (χ1n) is 7.91. The molecule has 0 radical (unpaired) electrons. The number of hydrogen-bond acceptors (Lipinski definition) is 3. The number of amides is 2. The fourth-order valence-corrected chi connectivity index (χ4v) is 3.58. The number of thiophene rings is 1. The summed E-state index contributed by atoms with van der Waals surface area (Å²) in [7, 11) is 0. The van der Waals surface area contributed by atoms with Gasteiger partial charge in [0.2, 0.25) is 5.91 Å².